The molecule has 0 spiro atoms. The van der Waals surface area contributed by atoms with Crippen molar-refractivity contribution in [2.75, 3.05) is 21.3 Å². The van der Waals surface area contributed by atoms with Crippen LogP contribution >= 0.6 is 0 Å². The average Bonchev–Trinajstić information content (AvgIpc) is 2.39. The molecule has 18 heavy (non-hydrogen) atoms. The predicted octanol–water partition coefficient (Wildman–Crippen LogP) is 2.88. The fourth-order valence-corrected chi connectivity index (χ4v) is 2.18. The number of methoxy groups -OCH3 is 2. The van der Waals surface area contributed by atoms with Gasteiger partial charge in [-0.2, -0.15) is 0 Å². The second-order valence-corrected chi connectivity index (χ2v) is 4.86. The molecule has 0 saturated heterocycles. The predicted molar refractivity (Wildman–Crippen MR) is 75.6 cm³/mol. The summed E-state index contributed by atoms with van der Waals surface area (Å²) in [6.07, 6.45) is 2.12. The minimum absolute atomic E-state index is 0.539. The Labute approximate surface area is 110 Å². The molecule has 1 unspecified atom stereocenters. The first-order valence-corrected chi connectivity index (χ1v) is 6.50. The fourth-order valence-electron chi connectivity index (χ4n) is 2.18. The number of hydrogen-bond donors (Lipinski definition) is 1. The van der Waals surface area contributed by atoms with E-state index in [-0.39, 0.29) is 0 Å². The monoisotopic (exact) mass is 251 g/mol. The van der Waals surface area contributed by atoms with Gasteiger partial charge in [0.05, 0.1) is 14.2 Å². The molecule has 0 fully saturated rings. The Bertz CT molecular complexity index is 364. The molecule has 0 radical (unpaired) electrons. The number of rotatable bonds is 7. The smallest absolute Gasteiger partial charge is 0.125 e. The topological polar surface area (TPSA) is 30.5 Å². The number of hydrogen-bond acceptors (Lipinski definition) is 3. The molecule has 0 aliphatic heterocycles. The van der Waals surface area contributed by atoms with E-state index in [0.29, 0.717) is 12.0 Å². The number of nitrogens with one attached hydrogen (secondary N) is 1. The molecule has 102 valence electrons. The lowest BCUT2D eigenvalue weighted by Gasteiger charge is -2.20. The SMILES string of the molecule is CNC(CCc1ccc(OC)cc1OC)C(C)C. The third kappa shape index (κ3) is 3.91. The Hall–Kier alpha value is -1.22. The van der Waals surface area contributed by atoms with Crippen LogP contribution in [0.4, 0.5) is 0 Å². The standard InChI is InChI=1S/C15H25NO2/c1-11(2)14(16-3)9-7-12-6-8-13(17-4)10-15(12)18-5/h6,8,10-11,14,16H,7,9H2,1-5H3. The van der Waals surface area contributed by atoms with Crippen LogP contribution in [0.5, 0.6) is 11.5 Å². The number of aryl methyl sites for hydroxylation is 1. The zero-order valence-electron chi connectivity index (χ0n) is 12.1. The van der Waals surface area contributed by atoms with Gasteiger partial charge in [0.15, 0.2) is 0 Å². The Kier molecular flexibility index (Phi) is 5.99. The lowest BCUT2D eigenvalue weighted by atomic mass is 9.96. The van der Waals surface area contributed by atoms with Crippen LogP contribution in [0.1, 0.15) is 25.8 Å². The summed E-state index contributed by atoms with van der Waals surface area (Å²) in [5, 5.41) is 3.37. The highest BCUT2D eigenvalue weighted by atomic mass is 16.5. The Morgan fingerprint density at radius 1 is 1.17 bits per heavy atom. The summed E-state index contributed by atoms with van der Waals surface area (Å²) >= 11 is 0. The van der Waals surface area contributed by atoms with Gasteiger partial charge >= 0.3 is 0 Å². The molecule has 1 aromatic rings. The van der Waals surface area contributed by atoms with Gasteiger partial charge in [-0.3, -0.25) is 0 Å². The van der Waals surface area contributed by atoms with Gasteiger partial charge in [0.1, 0.15) is 11.5 Å². The molecule has 0 amide bonds. The summed E-state index contributed by atoms with van der Waals surface area (Å²) in [7, 11) is 5.40. The van der Waals surface area contributed by atoms with E-state index in [9.17, 15) is 0 Å². The quantitative estimate of drug-likeness (QED) is 0.808. The first-order valence-electron chi connectivity index (χ1n) is 6.50. The highest BCUT2D eigenvalue weighted by Gasteiger charge is 2.12. The molecule has 3 heteroatoms. The molecule has 0 bridgehead atoms. The fraction of sp³-hybridized carbons (Fsp3) is 0.600. The first kappa shape index (κ1) is 14.8. The van der Waals surface area contributed by atoms with Gasteiger partial charge in [0.2, 0.25) is 0 Å². The van der Waals surface area contributed by atoms with E-state index in [1.54, 1.807) is 14.2 Å². The molecule has 1 aromatic carbocycles. The molecule has 1 N–H and O–H groups in total. The maximum Gasteiger partial charge on any atom is 0.125 e. The average molecular weight is 251 g/mol. The normalized spacial score (nSPS) is 12.6. The molecule has 0 aliphatic carbocycles. The van der Waals surface area contributed by atoms with Crippen LogP contribution in [0.15, 0.2) is 18.2 Å². The second-order valence-electron chi connectivity index (χ2n) is 4.86. The van der Waals surface area contributed by atoms with Crippen LogP contribution in [-0.4, -0.2) is 27.3 Å². The van der Waals surface area contributed by atoms with Gasteiger partial charge < -0.3 is 14.8 Å². The molecule has 0 saturated carbocycles. The zero-order chi connectivity index (χ0) is 13.5. The van der Waals surface area contributed by atoms with E-state index >= 15 is 0 Å². The summed E-state index contributed by atoms with van der Waals surface area (Å²) in [6.45, 7) is 4.48. The van der Waals surface area contributed by atoms with Crippen molar-refractivity contribution in [1.82, 2.24) is 5.32 Å². The molecular weight excluding hydrogens is 226 g/mol. The van der Waals surface area contributed by atoms with E-state index in [1.165, 1.54) is 5.56 Å². The summed E-state index contributed by atoms with van der Waals surface area (Å²) < 4.78 is 10.6. The van der Waals surface area contributed by atoms with Gasteiger partial charge in [-0.25, -0.2) is 0 Å². The van der Waals surface area contributed by atoms with Crippen molar-refractivity contribution in [2.24, 2.45) is 5.92 Å². The van der Waals surface area contributed by atoms with E-state index < -0.39 is 0 Å². The third-order valence-electron chi connectivity index (χ3n) is 3.39. The molecule has 3 nitrogen and oxygen atoms in total. The Morgan fingerprint density at radius 2 is 1.89 bits per heavy atom. The maximum absolute atomic E-state index is 5.41. The van der Waals surface area contributed by atoms with E-state index in [1.807, 2.05) is 19.2 Å². The van der Waals surface area contributed by atoms with E-state index in [2.05, 4.69) is 25.2 Å². The molecule has 1 rings (SSSR count). The van der Waals surface area contributed by atoms with Crippen LogP contribution in [-0.2, 0) is 6.42 Å². The molecule has 0 heterocycles. The molecular formula is C15H25NO2. The summed E-state index contributed by atoms with van der Waals surface area (Å²) in [4.78, 5) is 0. The van der Waals surface area contributed by atoms with Crippen LogP contribution < -0.4 is 14.8 Å². The molecule has 0 aliphatic rings. The van der Waals surface area contributed by atoms with Crippen molar-refractivity contribution in [3.63, 3.8) is 0 Å². The van der Waals surface area contributed by atoms with Crippen molar-refractivity contribution < 1.29 is 9.47 Å². The highest BCUT2D eigenvalue weighted by Crippen LogP contribution is 2.26. The lowest BCUT2D eigenvalue weighted by Crippen LogP contribution is -2.31. The third-order valence-corrected chi connectivity index (χ3v) is 3.39. The van der Waals surface area contributed by atoms with Gasteiger partial charge in [0, 0.05) is 12.1 Å². The van der Waals surface area contributed by atoms with Crippen molar-refractivity contribution in [3.05, 3.63) is 23.8 Å². The highest BCUT2D eigenvalue weighted by molar-refractivity contribution is 5.40. The Morgan fingerprint density at radius 3 is 2.39 bits per heavy atom. The first-order chi connectivity index (χ1) is 8.62. The maximum atomic E-state index is 5.41. The number of ether oxygens (including phenoxy) is 2. The van der Waals surface area contributed by atoms with Gasteiger partial charge in [-0.1, -0.05) is 19.9 Å². The van der Waals surface area contributed by atoms with Crippen LogP contribution in [0.3, 0.4) is 0 Å². The van der Waals surface area contributed by atoms with Crippen molar-refractivity contribution in [2.45, 2.75) is 32.7 Å². The van der Waals surface area contributed by atoms with Crippen LogP contribution in [0, 0.1) is 5.92 Å². The Balaban J connectivity index is 2.72. The van der Waals surface area contributed by atoms with Gasteiger partial charge in [-0.15, -0.1) is 0 Å². The summed E-state index contributed by atoms with van der Waals surface area (Å²) in [6, 6.07) is 6.56. The zero-order valence-corrected chi connectivity index (χ0v) is 12.1. The molecule has 1 atom stereocenters. The summed E-state index contributed by atoms with van der Waals surface area (Å²) in [5.74, 6) is 2.39. The van der Waals surface area contributed by atoms with Crippen LogP contribution in [0.25, 0.3) is 0 Å². The van der Waals surface area contributed by atoms with Gasteiger partial charge in [-0.05, 0) is 37.4 Å². The number of benzene rings is 1. The lowest BCUT2D eigenvalue weighted by molar-refractivity contribution is 0.381. The van der Waals surface area contributed by atoms with E-state index in [4.69, 9.17) is 9.47 Å². The minimum atomic E-state index is 0.539. The van der Waals surface area contributed by atoms with Crippen molar-refractivity contribution in [1.29, 1.82) is 0 Å². The van der Waals surface area contributed by atoms with Crippen molar-refractivity contribution >= 4 is 0 Å². The van der Waals surface area contributed by atoms with Gasteiger partial charge in [0.25, 0.3) is 0 Å². The van der Waals surface area contributed by atoms with Crippen LogP contribution in [0.2, 0.25) is 0 Å². The minimum Gasteiger partial charge on any atom is -0.497 e. The van der Waals surface area contributed by atoms with Crippen molar-refractivity contribution in [3.8, 4) is 11.5 Å². The molecule has 0 aromatic heterocycles. The largest absolute Gasteiger partial charge is 0.497 e. The van der Waals surface area contributed by atoms with E-state index in [0.717, 1.165) is 24.3 Å². The second kappa shape index (κ2) is 7.27. The summed E-state index contributed by atoms with van der Waals surface area (Å²) in [5.41, 5.74) is 1.24.